The smallest absolute Gasteiger partial charge is 0.320 e. The fraction of sp³-hybridized carbons (Fsp3) is 0.200. The average molecular weight is 303 g/mol. The maximum Gasteiger partial charge on any atom is 0.320 e. The molecule has 0 amide bonds. The molecular formula is C10H11ClN4O3S. The average Bonchev–Trinajstić information content (AvgIpc) is 2.76. The Morgan fingerprint density at radius 2 is 2.16 bits per heavy atom. The largest absolute Gasteiger partial charge is 0.408 e. The molecule has 0 aliphatic carbocycles. The highest BCUT2D eigenvalue weighted by Crippen LogP contribution is 2.18. The third-order valence-electron chi connectivity index (χ3n) is 2.19. The number of aromatic nitrogens is 2. The van der Waals surface area contributed by atoms with Gasteiger partial charge in [-0.1, -0.05) is 11.2 Å². The third-order valence-corrected chi connectivity index (χ3v) is 3.29. The van der Waals surface area contributed by atoms with Crippen LogP contribution in [0.1, 0.15) is 5.89 Å². The minimum atomic E-state index is -3.75. The van der Waals surface area contributed by atoms with Gasteiger partial charge >= 0.3 is 6.01 Å². The Morgan fingerprint density at radius 3 is 2.84 bits per heavy atom. The molecule has 0 fully saturated rings. The highest BCUT2D eigenvalue weighted by atomic mass is 35.5. The monoisotopic (exact) mass is 302 g/mol. The number of aryl methyl sites for hydroxylation is 1. The molecule has 7 nitrogen and oxygen atoms in total. The Morgan fingerprint density at radius 1 is 1.37 bits per heavy atom. The highest BCUT2D eigenvalue weighted by molar-refractivity contribution is 7.89. The molecule has 1 aromatic heterocycles. The highest BCUT2D eigenvalue weighted by Gasteiger charge is 2.10. The normalized spacial score (nSPS) is 11.5. The van der Waals surface area contributed by atoms with Crippen molar-refractivity contribution < 1.29 is 12.8 Å². The number of halogens is 1. The van der Waals surface area contributed by atoms with Crippen molar-refractivity contribution in [1.82, 2.24) is 10.2 Å². The van der Waals surface area contributed by atoms with Gasteiger partial charge in [0.25, 0.3) is 0 Å². The molecule has 19 heavy (non-hydrogen) atoms. The second-order valence-corrected chi connectivity index (χ2v) is 5.58. The van der Waals surface area contributed by atoms with Crippen molar-refractivity contribution in [3.05, 3.63) is 30.2 Å². The Labute approximate surface area is 114 Å². The molecular weight excluding hydrogens is 292 g/mol. The van der Waals surface area contributed by atoms with Crippen LogP contribution in [-0.2, 0) is 16.4 Å². The van der Waals surface area contributed by atoms with Crippen LogP contribution in [0.5, 0.6) is 0 Å². The van der Waals surface area contributed by atoms with Crippen molar-refractivity contribution in [2.75, 3.05) is 11.2 Å². The van der Waals surface area contributed by atoms with E-state index in [9.17, 15) is 8.42 Å². The number of nitrogens with zero attached hydrogens (tertiary/aromatic N) is 2. The van der Waals surface area contributed by atoms with Gasteiger partial charge in [-0.3, -0.25) is 0 Å². The van der Waals surface area contributed by atoms with E-state index >= 15 is 0 Å². The van der Waals surface area contributed by atoms with Crippen LogP contribution in [0.3, 0.4) is 0 Å². The van der Waals surface area contributed by atoms with E-state index in [0.717, 1.165) is 0 Å². The van der Waals surface area contributed by atoms with Crippen molar-refractivity contribution in [3.63, 3.8) is 0 Å². The predicted molar refractivity (Wildman–Crippen MR) is 69.8 cm³/mol. The summed E-state index contributed by atoms with van der Waals surface area (Å²) < 4.78 is 27.7. The number of anilines is 2. The van der Waals surface area contributed by atoms with E-state index in [1.807, 2.05) is 0 Å². The SMILES string of the molecule is NS(=O)(=O)c1cccc(Nc2nnc(CCCl)o2)c1. The first-order valence-electron chi connectivity index (χ1n) is 5.27. The van der Waals surface area contributed by atoms with Crippen LogP contribution in [0, 0.1) is 0 Å². The summed E-state index contributed by atoms with van der Waals surface area (Å²) in [6.07, 6.45) is 0.466. The van der Waals surface area contributed by atoms with Crippen LogP contribution in [0.25, 0.3) is 0 Å². The molecule has 3 N–H and O–H groups in total. The molecule has 0 radical (unpaired) electrons. The molecule has 1 aromatic carbocycles. The van der Waals surface area contributed by atoms with E-state index in [2.05, 4.69) is 15.5 Å². The first kappa shape index (κ1) is 13.8. The van der Waals surface area contributed by atoms with Gasteiger partial charge in [-0.2, -0.15) is 0 Å². The van der Waals surface area contributed by atoms with Crippen LogP contribution in [0.2, 0.25) is 0 Å². The number of primary sulfonamides is 1. The molecule has 102 valence electrons. The third kappa shape index (κ3) is 3.66. The number of benzene rings is 1. The van der Waals surface area contributed by atoms with Gasteiger partial charge in [-0.15, -0.1) is 16.7 Å². The molecule has 9 heteroatoms. The molecule has 0 spiro atoms. The van der Waals surface area contributed by atoms with Crippen molar-refractivity contribution in [1.29, 1.82) is 0 Å². The first-order chi connectivity index (χ1) is 8.99. The molecule has 0 saturated heterocycles. The number of hydrogen-bond donors (Lipinski definition) is 2. The molecule has 0 saturated carbocycles. The Balaban J connectivity index is 2.18. The zero-order valence-corrected chi connectivity index (χ0v) is 11.3. The number of hydrogen-bond acceptors (Lipinski definition) is 6. The summed E-state index contributed by atoms with van der Waals surface area (Å²) in [5.74, 6) is 0.780. The van der Waals surface area contributed by atoms with Gasteiger partial charge in [-0.05, 0) is 18.2 Å². The molecule has 0 atom stereocenters. The second kappa shape index (κ2) is 5.55. The van der Waals surface area contributed by atoms with E-state index < -0.39 is 10.0 Å². The number of rotatable bonds is 5. The van der Waals surface area contributed by atoms with Gasteiger partial charge in [0.1, 0.15) is 0 Å². The Hall–Kier alpha value is -1.64. The van der Waals surface area contributed by atoms with Crippen molar-refractivity contribution >= 4 is 33.3 Å². The fourth-order valence-electron chi connectivity index (χ4n) is 1.36. The zero-order valence-electron chi connectivity index (χ0n) is 9.71. The van der Waals surface area contributed by atoms with Gasteiger partial charge in [0.2, 0.25) is 15.9 Å². The fourth-order valence-corrected chi connectivity index (χ4v) is 2.08. The Bertz CT molecular complexity index is 671. The lowest BCUT2D eigenvalue weighted by Gasteiger charge is -2.03. The minimum Gasteiger partial charge on any atom is -0.408 e. The Kier molecular flexibility index (Phi) is 4.03. The molecule has 2 rings (SSSR count). The summed E-state index contributed by atoms with van der Waals surface area (Å²) in [6.45, 7) is 0. The predicted octanol–water partition coefficient (Wildman–Crippen LogP) is 1.24. The quantitative estimate of drug-likeness (QED) is 0.804. The number of nitrogens with one attached hydrogen (secondary N) is 1. The lowest BCUT2D eigenvalue weighted by atomic mass is 10.3. The number of sulfonamides is 1. The molecule has 0 aliphatic rings. The van der Waals surface area contributed by atoms with Gasteiger partial charge in [0, 0.05) is 18.0 Å². The van der Waals surface area contributed by atoms with E-state index in [1.54, 1.807) is 12.1 Å². The van der Waals surface area contributed by atoms with Crippen molar-refractivity contribution in [3.8, 4) is 0 Å². The van der Waals surface area contributed by atoms with Crippen LogP contribution in [0.4, 0.5) is 11.7 Å². The van der Waals surface area contributed by atoms with E-state index in [4.69, 9.17) is 21.2 Å². The summed E-state index contributed by atoms with van der Waals surface area (Å²) in [5, 5.41) is 15.4. The lowest BCUT2D eigenvalue weighted by molar-refractivity contribution is 0.516. The van der Waals surface area contributed by atoms with Gasteiger partial charge in [-0.25, -0.2) is 13.6 Å². The first-order valence-corrected chi connectivity index (χ1v) is 7.35. The molecule has 0 aliphatic heterocycles. The minimum absolute atomic E-state index is 0.00185. The molecule has 0 bridgehead atoms. The van der Waals surface area contributed by atoms with E-state index in [-0.39, 0.29) is 10.9 Å². The maximum absolute atomic E-state index is 11.2. The van der Waals surface area contributed by atoms with E-state index in [1.165, 1.54) is 12.1 Å². The molecule has 0 unspecified atom stereocenters. The molecule has 2 aromatic rings. The summed E-state index contributed by atoms with van der Waals surface area (Å²) in [7, 11) is -3.75. The van der Waals surface area contributed by atoms with Crippen LogP contribution >= 0.6 is 11.6 Å². The van der Waals surface area contributed by atoms with Crippen LogP contribution < -0.4 is 10.5 Å². The van der Waals surface area contributed by atoms with Crippen LogP contribution in [0.15, 0.2) is 33.6 Å². The maximum atomic E-state index is 11.2. The van der Waals surface area contributed by atoms with Crippen molar-refractivity contribution in [2.45, 2.75) is 11.3 Å². The summed E-state index contributed by atoms with van der Waals surface area (Å²) in [5.41, 5.74) is 0.479. The van der Waals surface area contributed by atoms with Gasteiger partial charge in [0.15, 0.2) is 0 Å². The summed E-state index contributed by atoms with van der Waals surface area (Å²) in [4.78, 5) is -0.00185. The second-order valence-electron chi connectivity index (χ2n) is 3.64. The number of nitrogens with two attached hydrogens (primary N) is 1. The van der Waals surface area contributed by atoms with Crippen molar-refractivity contribution in [2.24, 2.45) is 5.14 Å². The van der Waals surface area contributed by atoms with Gasteiger partial charge in [0.05, 0.1) is 4.90 Å². The number of alkyl halides is 1. The molecule has 1 heterocycles. The summed E-state index contributed by atoms with van der Waals surface area (Å²) >= 11 is 5.55. The lowest BCUT2D eigenvalue weighted by Crippen LogP contribution is -2.12. The zero-order chi connectivity index (χ0) is 13.9. The van der Waals surface area contributed by atoms with E-state index in [0.29, 0.717) is 23.9 Å². The standard InChI is InChI=1S/C10H11ClN4O3S/c11-5-4-9-14-15-10(18-9)13-7-2-1-3-8(6-7)19(12,16)17/h1-3,6H,4-5H2,(H,13,15)(H2,12,16,17). The summed E-state index contributed by atoms with van der Waals surface area (Å²) in [6, 6.07) is 6.14. The van der Waals surface area contributed by atoms with Gasteiger partial charge < -0.3 is 9.73 Å². The topological polar surface area (TPSA) is 111 Å². The van der Waals surface area contributed by atoms with Crippen LogP contribution in [-0.4, -0.2) is 24.5 Å².